The zero-order valence-corrected chi connectivity index (χ0v) is 19.7. The van der Waals surface area contributed by atoms with Gasteiger partial charge < -0.3 is 20.1 Å². The van der Waals surface area contributed by atoms with Gasteiger partial charge in [0, 0.05) is 31.9 Å². The maximum Gasteiger partial charge on any atom is 0.326 e. The van der Waals surface area contributed by atoms with Crippen LogP contribution in [0, 0.1) is 5.92 Å². The van der Waals surface area contributed by atoms with Crippen LogP contribution in [0.15, 0.2) is 47.3 Å². The average molecular weight is 436 g/mol. The van der Waals surface area contributed by atoms with E-state index >= 15 is 0 Å². The number of nitrogens with zero attached hydrogens (tertiary/aromatic N) is 3. The molecule has 32 heavy (non-hydrogen) atoms. The minimum Gasteiger partial charge on any atom is -0.369 e. The predicted octanol–water partition coefficient (Wildman–Crippen LogP) is 5.04. The summed E-state index contributed by atoms with van der Waals surface area (Å²) in [4.78, 5) is 20.6. The summed E-state index contributed by atoms with van der Waals surface area (Å²) in [5.41, 5.74) is 5.12. The maximum absolute atomic E-state index is 12.9. The highest BCUT2D eigenvalue weighted by atomic mass is 16.1. The largest absolute Gasteiger partial charge is 0.369 e. The molecule has 1 heterocycles. The van der Waals surface area contributed by atoms with Crippen LogP contribution in [0.4, 0.5) is 17.1 Å². The molecule has 1 fully saturated rings. The van der Waals surface area contributed by atoms with Gasteiger partial charge in [0.1, 0.15) is 0 Å². The van der Waals surface area contributed by atoms with Gasteiger partial charge in [0.2, 0.25) is 0 Å². The van der Waals surface area contributed by atoms with E-state index < -0.39 is 0 Å². The first kappa shape index (κ1) is 22.5. The van der Waals surface area contributed by atoms with Gasteiger partial charge in [-0.15, -0.1) is 0 Å². The number of nitrogens with one attached hydrogen (secondary N) is 2. The van der Waals surface area contributed by atoms with Crippen molar-refractivity contribution in [2.45, 2.75) is 45.6 Å². The monoisotopic (exact) mass is 435 g/mol. The topological polar surface area (TPSA) is 56.3 Å². The van der Waals surface area contributed by atoms with Crippen molar-refractivity contribution in [2.24, 2.45) is 5.92 Å². The number of benzene rings is 2. The summed E-state index contributed by atoms with van der Waals surface area (Å²) >= 11 is 0. The average Bonchev–Trinajstić information content (AvgIpc) is 3.09. The van der Waals surface area contributed by atoms with Crippen LogP contribution < -0.4 is 15.9 Å². The Morgan fingerprint density at radius 2 is 1.81 bits per heavy atom. The standard InChI is InChI=1S/C26H37N5O/c1-4-30(16-15-29(2)3)24-18-25-23(17-22(24)27-21-13-9-6-10-14-21)28-26(32)31(25)19-20-11-7-5-8-12-20/h6,9-10,13-14,17-18,20,27H,4-5,7-8,11-12,15-16,19H2,1-3H3,(H,28,32). The Balaban J connectivity index is 1.75. The molecule has 0 aliphatic heterocycles. The molecule has 6 heteroatoms. The Kier molecular flexibility index (Phi) is 7.20. The molecule has 0 atom stereocenters. The Morgan fingerprint density at radius 1 is 1.06 bits per heavy atom. The van der Waals surface area contributed by atoms with E-state index in [0.717, 1.165) is 54.3 Å². The third kappa shape index (κ3) is 5.18. The van der Waals surface area contributed by atoms with Crippen molar-refractivity contribution in [3.8, 4) is 0 Å². The Morgan fingerprint density at radius 3 is 2.50 bits per heavy atom. The molecule has 0 saturated heterocycles. The van der Waals surface area contributed by atoms with Gasteiger partial charge in [0.15, 0.2) is 0 Å². The number of rotatable bonds is 9. The molecule has 1 aliphatic carbocycles. The fourth-order valence-corrected chi connectivity index (χ4v) is 4.81. The van der Waals surface area contributed by atoms with E-state index in [9.17, 15) is 4.79 Å². The highest BCUT2D eigenvalue weighted by Gasteiger charge is 2.19. The number of likely N-dealkylation sites (N-methyl/N-ethyl adjacent to an activating group) is 2. The number of anilines is 3. The van der Waals surface area contributed by atoms with Crippen molar-refractivity contribution in [3.05, 3.63) is 52.9 Å². The molecule has 1 saturated carbocycles. The number of H-pyrrole nitrogens is 1. The number of fused-ring (bicyclic) bond motifs is 1. The summed E-state index contributed by atoms with van der Waals surface area (Å²) < 4.78 is 1.97. The van der Waals surface area contributed by atoms with Crippen LogP contribution in [-0.4, -0.2) is 48.2 Å². The first-order chi connectivity index (χ1) is 15.5. The highest BCUT2D eigenvalue weighted by Crippen LogP contribution is 2.34. The van der Waals surface area contributed by atoms with Gasteiger partial charge in [0.05, 0.1) is 22.4 Å². The second kappa shape index (κ2) is 10.3. The molecular formula is C26H37N5O. The lowest BCUT2D eigenvalue weighted by atomic mass is 9.89. The molecule has 1 aromatic heterocycles. The van der Waals surface area contributed by atoms with Crippen molar-refractivity contribution in [1.82, 2.24) is 14.5 Å². The molecule has 1 aliphatic rings. The Bertz CT molecular complexity index is 1060. The van der Waals surface area contributed by atoms with Gasteiger partial charge in [-0.05, 0) is 64.0 Å². The van der Waals surface area contributed by atoms with Crippen molar-refractivity contribution in [1.29, 1.82) is 0 Å². The minimum absolute atomic E-state index is 0.00437. The number of aromatic amines is 1. The predicted molar refractivity (Wildman–Crippen MR) is 135 cm³/mol. The van der Waals surface area contributed by atoms with E-state index in [0.29, 0.717) is 5.92 Å². The molecular weight excluding hydrogens is 398 g/mol. The van der Waals surface area contributed by atoms with Gasteiger partial charge in [0.25, 0.3) is 0 Å². The van der Waals surface area contributed by atoms with E-state index in [-0.39, 0.29) is 5.69 Å². The van der Waals surface area contributed by atoms with Crippen LogP contribution in [-0.2, 0) is 6.54 Å². The third-order valence-corrected chi connectivity index (χ3v) is 6.65. The van der Waals surface area contributed by atoms with Crippen LogP contribution >= 0.6 is 0 Å². The lowest BCUT2D eigenvalue weighted by Crippen LogP contribution is -2.32. The number of para-hydroxylation sites is 1. The second-order valence-corrected chi connectivity index (χ2v) is 9.31. The van der Waals surface area contributed by atoms with Crippen molar-refractivity contribution in [3.63, 3.8) is 0 Å². The highest BCUT2D eigenvalue weighted by molar-refractivity contribution is 5.90. The number of imidazole rings is 1. The van der Waals surface area contributed by atoms with Gasteiger partial charge in [-0.1, -0.05) is 37.5 Å². The molecule has 0 spiro atoms. The van der Waals surface area contributed by atoms with E-state index in [2.05, 4.69) is 65.4 Å². The zero-order chi connectivity index (χ0) is 22.5. The molecule has 3 aromatic rings. The zero-order valence-electron chi connectivity index (χ0n) is 19.7. The summed E-state index contributed by atoms with van der Waals surface area (Å²) in [5.74, 6) is 0.599. The SMILES string of the molecule is CCN(CCN(C)C)c1cc2c(cc1Nc1ccccc1)[nH]c(=O)n2CC1CCCCC1. The summed E-state index contributed by atoms with van der Waals surface area (Å²) in [6.07, 6.45) is 6.35. The van der Waals surface area contributed by atoms with Crippen molar-refractivity contribution < 1.29 is 0 Å². The number of hydrogen-bond acceptors (Lipinski definition) is 4. The van der Waals surface area contributed by atoms with Gasteiger partial charge in [-0.3, -0.25) is 4.57 Å². The molecule has 0 unspecified atom stereocenters. The molecule has 6 nitrogen and oxygen atoms in total. The van der Waals surface area contributed by atoms with E-state index in [1.165, 1.54) is 32.1 Å². The number of aromatic nitrogens is 2. The normalized spacial score (nSPS) is 14.9. The molecule has 172 valence electrons. The second-order valence-electron chi connectivity index (χ2n) is 9.31. The Hall–Kier alpha value is -2.73. The lowest BCUT2D eigenvalue weighted by Gasteiger charge is -2.28. The third-order valence-electron chi connectivity index (χ3n) is 6.65. The molecule has 4 rings (SSSR count). The van der Waals surface area contributed by atoms with Crippen LogP contribution in [0.1, 0.15) is 39.0 Å². The van der Waals surface area contributed by atoms with Gasteiger partial charge in [-0.25, -0.2) is 4.79 Å². The summed E-state index contributed by atoms with van der Waals surface area (Å²) in [6, 6.07) is 14.5. The first-order valence-electron chi connectivity index (χ1n) is 12.0. The molecule has 0 radical (unpaired) electrons. The summed E-state index contributed by atoms with van der Waals surface area (Å²) in [6.45, 7) is 5.81. The van der Waals surface area contributed by atoms with E-state index in [1.807, 2.05) is 22.8 Å². The van der Waals surface area contributed by atoms with Crippen LogP contribution in [0.25, 0.3) is 11.0 Å². The maximum atomic E-state index is 12.9. The molecule has 2 aromatic carbocycles. The number of hydrogen-bond donors (Lipinski definition) is 2. The molecule has 2 N–H and O–H groups in total. The quantitative estimate of drug-likeness (QED) is 0.494. The smallest absolute Gasteiger partial charge is 0.326 e. The first-order valence-corrected chi connectivity index (χ1v) is 12.0. The molecule has 0 amide bonds. The fraction of sp³-hybridized carbons (Fsp3) is 0.500. The summed E-state index contributed by atoms with van der Waals surface area (Å²) in [5, 5.41) is 3.59. The van der Waals surface area contributed by atoms with Crippen LogP contribution in [0.2, 0.25) is 0 Å². The summed E-state index contributed by atoms with van der Waals surface area (Å²) in [7, 11) is 4.21. The van der Waals surface area contributed by atoms with Crippen LogP contribution in [0.5, 0.6) is 0 Å². The van der Waals surface area contributed by atoms with Crippen molar-refractivity contribution >= 4 is 28.1 Å². The van der Waals surface area contributed by atoms with Gasteiger partial charge in [-0.2, -0.15) is 0 Å². The van der Waals surface area contributed by atoms with Crippen molar-refractivity contribution in [2.75, 3.05) is 43.9 Å². The lowest BCUT2D eigenvalue weighted by molar-refractivity contribution is 0.319. The Labute approximate surface area is 191 Å². The molecule has 0 bridgehead atoms. The minimum atomic E-state index is 0.00437. The van der Waals surface area contributed by atoms with Gasteiger partial charge >= 0.3 is 5.69 Å². The van der Waals surface area contributed by atoms with E-state index in [4.69, 9.17) is 0 Å². The fourth-order valence-electron chi connectivity index (χ4n) is 4.81. The van der Waals surface area contributed by atoms with E-state index in [1.54, 1.807) is 0 Å². The van der Waals surface area contributed by atoms with Crippen LogP contribution in [0.3, 0.4) is 0 Å².